The predicted molar refractivity (Wildman–Crippen MR) is 110 cm³/mol. The van der Waals surface area contributed by atoms with E-state index in [0.717, 1.165) is 24.2 Å². The van der Waals surface area contributed by atoms with Gasteiger partial charge in [0.25, 0.3) is 5.91 Å². The third-order valence-electron chi connectivity index (χ3n) is 4.30. The van der Waals surface area contributed by atoms with E-state index < -0.39 is 0 Å². The number of carbonyl (C=O) groups is 2. The zero-order valence-electron chi connectivity index (χ0n) is 15.7. The van der Waals surface area contributed by atoms with Crippen LogP contribution >= 0.6 is 23.1 Å². The van der Waals surface area contributed by atoms with Crippen LogP contribution in [0.25, 0.3) is 0 Å². The van der Waals surface area contributed by atoms with Gasteiger partial charge in [-0.25, -0.2) is 0 Å². The standard InChI is InChI=1S/C19H19N5O3S2/c1-11-2-4-12(5-3-11)9-20-16(25)10-28-19-23-22-18(29-19)21-17(26)14-8-15(27-24-14)13-6-7-13/h2-5,8,13H,6-7,9-10H2,1H3,(H,20,25)(H,21,22,26). The van der Waals surface area contributed by atoms with Crippen molar-refractivity contribution in [3.05, 3.63) is 52.9 Å². The first-order valence-electron chi connectivity index (χ1n) is 9.13. The number of carbonyl (C=O) groups excluding carboxylic acids is 2. The Kier molecular flexibility index (Phi) is 5.91. The molecule has 1 aliphatic carbocycles. The molecule has 0 saturated heterocycles. The van der Waals surface area contributed by atoms with Crippen LogP contribution in [0.1, 0.15) is 46.1 Å². The lowest BCUT2D eigenvalue weighted by atomic mass is 10.1. The number of nitrogens with one attached hydrogen (secondary N) is 2. The molecule has 10 heteroatoms. The number of aromatic nitrogens is 3. The smallest absolute Gasteiger partial charge is 0.279 e. The van der Waals surface area contributed by atoms with Gasteiger partial charge in [0.2, 0.25) is 11.0 Å². The van der Waals surface area contributed by atoms with Crippen molar-refractivity contribution in [2.24, 2.45) is 0 Å². The largest absolute Gasteiger partial charge is 0.360 e. The summed E-state index contributed by atoms with van der Waals surface area (Å²) in [6, 6.07) is 9.68. The normalized spacial score (nSPS) is 13.3. The van der Waals surface area contributed by atoms with Gasteiger partial charge in [0, 0.05) is 18.5 Å². The number of amides is 2. The third kappa shape index (κ3) is 5.42. The van der Waals surface area contributed by atoms with Gasteiger partial charge < -0.3 is 9.84 Å². The van der Waals surface area contributed by atoms with Crippen molar-refractivity contribution in [1.29, 1.82) is 0 Å². The molecule has 1 aliphatic rings. The number of anilines is 1. The molecule has 1 fully saturated rings. The third-order valence-corrected chi connectivity index (χ3v) is 6.28. The first kappa shape index (κ1) is 19.6. The minimum absolute atomic E-state index is 0.0911. The van der Waals surface area contributed by atoms with Crippen molar-refractivity contribution >= 4 is 40.0 Å². The van der Waals surface area contributed by atoms with Crippen molar-refractivity contribution in [3.63, 3.8) is 0 Å². The summed E-state index contributed by atoms with van der Waals surface area (Å²) >= 11 is 2.48. The maximum absolute atomic E-state index is 12.2. The van der Waals surface area contributed by atoms with Crippen LogP contribution in [0.4, 0.5) is 5.13 Å². The number of hydrogen-bond donors (Lipinski definition) is 2. The van der Waals surface area contributed by atoms with Gasteiger partial charge in [0.1, 0.15) is 5.76 Å². The van der Waals surface area contributed by atoms with Crippen molar-refractivity contribution in [3.8, 4) is 0 Å². The summed E-state index contributed by atoms with van der Waals surface area (Å²) in [5, 5.41) is 17.6. The second kappa shape index (κ2) is 8.75. The molecule has 150 valence electrons. The van der Waals surface area contributed by atoms with Crippen molar-refractivity contribution in [1.82, 2.24) is 20.7 Å². The van der Waals surface area contributed by atoms with Crippen molar-refractivity contribution in [2.45, 2.75) is 36.6 Å². The minimum atomic E-state index is -0.385. The van der Waals surface area contributed by atoms with E-state index in [2.05, 4.69) is 26.0 Å². The maximum Gasteiger partial charge on any atom is 0.279 e. The quantitative estimate of drug-likeness (QED) is 0.417. The van der Waals surface area contributed by atoms with Crippen LogP contribution in [-0.4, -0.2) is 32.9 Å². The molecule has 2 N–H and O–H groups in total. The fourth-order valence-corrected chi connectivity index (χ4v) is 4.10. The first-order valence-corrected chi connectivity index (χ1v) is 10.9. The maximum atomic E-state index is 12.2. The molecular weight excluding hydrogens is 410 g/mol. The van der Waals surface area contributed by atoms with E-state index in [-0.39, 0.29) is 23.3 Å². The highest BCUT2D eigenvalue weighted by atomic mass is 32.2. The molecule has 0 radical (unpaired) electrons. The van der Waals surface area contributed by atoms with Crippen LogP contribution in [0.5, 0.6) is 0 Å². The lowest BCUT2D eigenvalue weighted by Crippen LogP contribution is -2.24. The van der Waals surface area contributed by atoms with E-state index in [9.17, 15) is 9.59 Å². The van der Waals surface area contributed by atoms with Crippen molar-refractivity contribution < 1.29 is 14.1 Å². The van der Waals surface area contributed by atoms with E-state index in [1.807, 2.05) is 31.2 Å². The second-order valence-corrected chi connectivity index (χ2v) is 8.97. The molecule has 0 bridgehead atoms. The molecule has 0 unspecified atom stereocenters. The molecule has 29 heavy (non-hydrogen) atoms. The van der Waals surface area contributed by atoms with Gasteiger partial charge in [-0.2, -0.15) is 0 Å². The van der Waals surface area contributed by atoms with E-state index in [4.69, 9.17) is 4.52 Å². The highest BCUT2D eigenvalue weighted by Crippen LogP contribution is 2.40. The van der Waals surface area contributed by atoms with Gasteiger partial charge in [-0.15, -0.1) is 10.2 Å². The SMILES string of the molecule is Cc1ccc(CNC(=O)CSc2nnc(NC(=O)c3cc(C4CC4)on3)s2)cc1. The average Bonchev–Trinajstić information content (AvgIpc) is 3.27. The predicted octanol–water partition coefficient (Wildman–Crippen LogP) is 3.37. The first-order chi connectivity index (χ1) is 14.1. The highest BCUT2D eigenvalue weighted by molar-refractivity contribution is 8.01. The molecule has 4 rings (SSSR count). The second-order valence-electron chi connectivity index (χ2n) is 6.77. The molecule has 0 aliphatic heterocycles. The van der Waals surface area contributed by atoms with Crippen LogP contribution in [0.3, 0.4) is 0 Å². The molecular formula is C19H19N5O3S2. The number of benzene rings is 1. The van der Waals surface area contributed by atoms with Crippen LogP contribution < -0.4 is 10.6 Å². The Bertz CT molecular complexity index is 1010. The Balaban J connectivity index is 1.22. The number of rotatable bonds is 8. The molecule has 1 aromatic carbocycles. The minimum Gasteiger partial charge on any atom is -0.360 e. The Labute approximate surface area is 175 Å². The number of thioether (sulfide) groups is 1. The van der Waals surface area contributed by atoms with Crippen LogP contribution in [0, 0.1) is 6.92 Å². The average molecular weight is 430 g/mol. The summed E-state index contributed by atoms with van der Waals surface area (Å²) in [7, 11) is 0. The Hall–Kier alpha value is -2.72. The van der Waals surface area contributed by atoms with Gasteiger partial charge >= 0.3 is 0 Å². The summed E-state index contributed by atoms with van der Waals surface area (Å²) < 4.78 is 5.79. The van der Waals surface area contributed by atoms with Crippen LogP contribution in [-0.2, 0) is 11.3 Å². The summed E-state index contributed by atoms with van der Waals surface area (Å²) in [5.74, 6) is 0.893. The molecule has 2 aromatic heterocycles. The fourth-order valence-electron chi connectivity index (χ4n) is 2.52. The van der Waals surface area contributed by atoms with Gasteiger partial charge in [-0.1, -0.05) is 58.1 Å². The lowest BCUT2D eigenvalue weighted by molar-refractivity contribution is -0.118. The molecule has 8 nitrogen and oxygen atoms in total. The summed E-state index contributed by atoms with van der Waals surface area (Å²) in [6.45, 7) is 2.51. The van der Waals surface area contributed by atoms with Gasteiger partial charge in [-0.05, 0) is 25.3 Å². The summed E-state index contributed by atoms with van der Waals surface area (Å²) in [6.07, 6.45) is 2.15. The number of hydrogen-bond acceptors (Lipinski definition) is 8. The zero-order valence-corrected chi connectivity index (χ0v) is 17.3. The lowest BCUT2D eigenvalue weighted by Gasteiger charge is -2.04. The highest BCUT2D eigenvalue weighted by Gasteiger charge is 2.29. The van der Waals surface area contributed by atoms with Crippen molar-refractivity contribution in [2.75, 3.05) is 11.1 Å². The topological polar surface area (TPSA) is 110 Å². The van der Waals surface area contributed by atoms with E-state index >= 15 is 0 Å². The fraction of sp³-hybridized carbons (Fsp3) is 0.316. The number of nitrogens with zero attached hydrogens (tertiary/aromatic N) is 3. The van der Waals surface area contributed by atoms with Gasteiger partial charge in [0.15, 0.2) is 10.0 Å². The zero-order chi connectivity index (χ0) is 20.2. The molecule has 0 spiro atoms. The Morgan fingerprint density at radius 3 is 2.79 bits per heavy atom. The molecule has 1 saturated carbocycles. The summed E-state index contributed by atoms with van der Waals surface area (Å²) in [5.41, 5.74) is 2.46. The van der Waals surface area contributed by atoms with E-state index in [0.29, 0.717) is 21.9 Å². The Morgan fingerprint density at radius 2 is 2.03 bits per heavy atom. The van der Waals surface area contributed by atoms with E-state index in [1.54, 1.807) is 6.07 Å². The summed E-state index contributed by atoms with van der Waals surface area (Å²) in [4.78, 5) is 24.2. The number of aryl methyl sites for hydroxylation is 1. The Morgan fingerprint density at radius 1 is 1.24 bits per heavy atom. The molecule has 3 aromatic rings. The monoisotopic (exact) mass is 429 g/mol. The molecule has 0 atom stereocenters. The van der Waals surface area contributed by atoms with Gasteiger partial charge in [-0.3, -0.25) is 14.9 Å². The van der Waals surface area contributed by atoms with Crippen LogP contribution in [0.2, 0.25) is 0 Å². The van der Waals surface area contributed by atoms with Gasteiger partial charge in [0.05, 0.1) is 5.75 Å². The van der Waals surface area contributed by atoms with Crippen LogP contribution in [0.15, 0.2) is 39.2 Å². The molecule has 2 amide bonds. The van der Waals surface area contributed by atoms with E-state index in [1.165, 1.54) is 28.7 Å². The molecule has 2 heterocycles.